The molecule has 9 heteroatoms. The lowest BCUT2D eigenvalue weighted by atomic mass is 10.1. The SMILES string of the molecule is C/C(=N/NC(=O)CN(c1ccccc1Cl)S(=O)(=O)c1ccccc1)c1ccc(F)cc1. The topological polar surface area (TPSA) is 78.8 Å². The minimum Gasteiger partial charge on any atom is -0.271 e. The third kappa shape index (κ3) is 5.48. The van der Waals surface area contributed by atoms with E-state index >= 15 is 0 Å². The summed E-state index contributed by atoms with van der Waals surface area (Å²) in [5, 5.41) is 4.17. The van der Waals surface area contributed by atoms with Gasteiger partial charge in [0.25, 0.3) is 15.9 Å². The highest BCUT2D eigenvalue weighted by Crippen LogP contribution is 2.30. The Labute approximate surface area is 185 Å². The summed E-state index contributed by atoms with van der Waals surface area (Å²) in [7, 11) is -4.07. The average Bonchev–Trinajstić information content (AvgIpc) is 2.77. The molecule has 3 aromatic carbocycles. The molecule has 0 aromatic heterocycles. The molecule has 1 N–H and O–H groups in total. The van der Waals surface area contributed by atoms with Gasteiger partial charge in [-0.25, -0.2) is 18.2 Å². The normalized spacial score (nSPS) is 11.8. The van der Waals surface area contributed by atoms with E-state index in [1.807, 2.05) is 0 Å². The summed E-state index contributed by atoms with van der Waals surface area (Å²) < 4.78 is 40.5. The molecule has 0 aliphatic carbocycles. The number of para-hydroxylation sites is 1. The monoisotopic (exact) mass is 459 g/mol. The van der Waals surface area contributed by atoms with Crippen molar-refractivity contribution in [3.63, 3.8) is 0 Å². The van der Waals surface area contributed by atoms with Gasteiger partial charge in [-0.15, -0.1) is 0 Å². The van der Waals surface area contributed by atoms with Gasteiger partial charge in [-0.2, -0.15) is 5.10 Å². The molecule has 0 bridgehead atoms. The molecule has 0 saturated heterocycles. The highest BCUT2D eigenvalue weighted by Gasteiger charge is 2.28. The Morgan fingerprint density at radius 3 is 2.26 bits per heavy atom. The van der Waals surface area contributed by atoms with Crippen molar-refractivity contribution in [2.24, 2.45) is 5.10 Å². The highest BCUT2D eigenvalue weighted by molar-refractivity contribution is 7.92. The van der Waals surface area contributed by atoms with Crippen LogP contribution in [-0.2, 0) is 14.8 Å². The second-order valence-corrected chi connectivity index (χ2v) is 8.78. The van der Waals surface area contributed by atoms with E-state index in [1.165, 1.54) is 42.5 Å². The van der Waals surface area contributed by atoms with Gasteiger partial charge in [-0.05, 0) is 48.9 Å². The van der Waals surface area contributed by atoms with Crippen LogP contribution in [0.2, 0.25) is 5.02 Å². The lowest BCUT2D eigenvalue weighted by Crippen LogP contribution is -2.40. The number of rotatable bonds is 7. The van der Waals surface area contributed by atoms with Crippen LogP contribution in [0.25, 0.3) is 0 Å². The van der Waals surface area contributed by atoms with Crippen LogP contribution < -0.4 is 9.73 Å². The molecule has 3 rings (SSSR count). The number of sulfonamides is 1. The number of hydrazone groups is 1. The largest absolute Gasteiger partial charge is 0.271 e. The standard InChI is InChI=1S/C22H19ClFN3O3S/c1-16(17-11-13-18(24)14-12-17)25-26-22(28)15-27(21-10-6-5-9-20(21)23)31(29,30)19-7-3-2-4-8-19/h2-14H,15H2,1H3,(H,26,28)/b25-16-. The lowest BCUT2D eigenvalue weighted by molar-refractivity contribution is -0.119. The maximum absolute atomic E-state index is 13.2. The Hall–Kier alpha value is -3.23. The minimum absolute atomic E-state index is 0.0220. The first-order valence-electron chi connectivity index (χ1n) is 9.20. The van der Waals surface area contributed by atoms with Gasteiger partial charge < -0.3 is 0 Å². The molecule has 160 valence electrons. The van der Waals surface area contributed by atoms with E-state index in [2.05, 4.69) is 10.5 Å². The van der Waals surface area contributed by atoms with Crippen LogP contribution in [0.1, 0.15) is 12.5 Å². The van der Waals surface area contributed by atoms with E-state index < -0.39 is 22.5 Å². The second kappa shape index (κ2) is 9.72. The number of carbonyl (C=O) groups excluding carboxylic acids is 1. The van der Waals surface area contributed by atoms with Gasteiger partial charge in [0.15, 0.2) is 0 Å². The van der Waals surface area contributed by atoms with Crippen molar-refractivity contribution in [3.8, 4) is 0 Å². The molecule has 0 unspecified atom stereocenters. The fraction of sp³-hybridized carbons (Fsp3) is 0.0909. The molecule has 3 aromatic rings. The zero-order chi connectivity index (χ0) is 22.4. The van der Waals surface area contributed by atoms with Crippen LogP contribution in [0, 0.1) is 5.82 Å². The number of halogens is 2. The van der Waals surface area contributed by atoms with Crippen molar-refractivity contribution in [2.75, 3.05) is 10.8 Å². The number of anilines is 1. The van der Waals surface area contributed by atoms with Gasteiger partial charge in [0.1, 0.15) is 12.4 Å². The number of carbonyl (C=O) groups is 1. The molecule has 0 heterocycles. The Balaban J connectivity index is 1.87. The summed E-state index contributed by atoms with van der Waals surface area (Å²) in [6.07, 6.45) is 0. The van der Waals surface area contributed by atoms with E-state index in [-0.39, 0.29) is 21.4 Å². The number of hydrogen-bond donors (Lipinski definition) is 1. The van der Waals surface area contributed by atoms with Crippen LogP contribution in [-0.4, -0.2) is 26.6 Å². The molecule has 0 aliphatic heterocycles. The van der Waals surface area contributed by atoms with Crippen LogP contribution >= 0.6 is 11.6 Å². The van der Waals surface area contributed by atoms with Gasteiger partial charge in [0.05, 0.1) is 21.3 Å². The first kappa shape index (κ1) is 22.5. The van der Waals surface area contributed by atoms with Crippen molar-refractivity contribution in [2.45, 2.75) is 11.8 Å². The molecule has 1 amide bonds. The molecule has 31 heavy (non-hydrogen) atoms. The van der Waals surface area contributed by atoms with Crippen molar-refractivity contribution >= 4 is 38.9 Å². The number of amides is 1. The highest BCUT2D eigenvalue weighted by atomic mass is 35.5. The first-order valence-corrected chi connectivity index (χ1v) is 11.0. The summed E-state index contributed by atoms with van der Waals surface area (Å²) in [5.74, 6) is -1.05. The number of nitrogens with zero attached hydrogens (tertiary/aromatic N) is 2. The summed E-state index contributed by atoms with van der Waals surface area (Å²) in [6.45, 7) is 1.10. The molecular weight excluding hydrogens is 441 g/mol. The van der Waals surface area contributed by atoms with Gasteiger partial charge >= 0.3 is 0 Å². The van der Waals surface area contributed by atoms with Crippen LogP contribution in [0.5, 0.6) is 0 Å². The molecule has 0 spiro atoms. The van der Waals surface area contributed by atoms with Gasteiger partial charge in [-0.1, -0.05) is 54.1 Å². The predicted octanol–water partition coefficient (Wildman–Crippen LogP) is 4.21. The van der Waals surface area contributed by atoms with Crippen molar-refractivity contribution in [1.82, 2.24) is 5.43 Å². The van der Waals surface area contributed by atoms with Crippen molar-refractivity contribution in [3.05, 3.63) is 95.3 Å². The van der Waals surface area contributed by atoms with E-state index in [9.17, 15) is 17.6 Å². The quantitative estimate of drug-likeness (QED) is 0.424. The third-order valence-electron chi connectivity index (χ3n) is 4.35. The number of hydrogen-bond acceptors (Lipinski definition) is 4. The van der Waals surface area contributed by atoms with Crippen molar-refractivity contribution < 1.29 is 17.6 Å². The van der Waals surface area contributed by atoms with Crippen molar-refractivity contribution in [1.29, 1.82) is 0 Å². The first-order chi connectivity index (χ1) is 14.8. The van der Waals surface area contributed by atoms with E-state index in [1.54, 1.807) is 43.3 Å². The summed E-state index contributed by atoms with van der Waals surface area (Å²) >= 11 is 6.22. The van der Waals surface area contributed by atoms with E-state index in [0.29, 0.717) is 11.3 Å². The minimum atomic E-state index is -4.07. The summed E-state index contributed by atoms with van der Waals surface area (Å²) in [4.78, 5) is 12.6. The van der Waals surface area contributed by atoms with Crippen LogP contribution in [0.15, 0.2) is 88.9 Å². The molecule has 0 radical (unpaired) electrons. The fourth-order valence-electron chi connectivity index (χ4n) is 2.74. The van der Waals surface area contributed by atoms with Gasteiger partial charge in [0, 0.05) is 0 Å². The maximum Gasteiger partial charge on any atom is 0.264 e. The fourth-order valence-corrected chi connectivity index (χ4v) is 4.49. The van der Waals surface area contributed by atoms with E-state index in [0.717, 1.165) is 4.31 Å². The molecule has 0 atom stereocenters. The van der Waals surface area contributed by atoms with Gasteiger partial charge in [-0.3, -0.25) is 9.10 Å². The van der Waals surface area contributed by atoms with Crippen LogP contribution in [0.3, 0.4) is 0 Å². The smallest absolute Gasteiger partial charge is 0.264 e. The summed E-state index contributed by atoms with van der Waals surface area (Å²) in [5.41, 5.74) is 3.56. The number of nitrogens with one attached hydrogen (secondary N) is 1. The Morgan fingerprint density at radius 2 is 1.61 bits per heavy atom. The Bertz CT molecular complexity index is 1200. The predicted molar refractivity (Wildman–Crippen MR) is 119 cm³/mol. The number of benzene rings is 3. The zero-order valence-electron chi connectivity index (χ0n) is 16.5. The lowest BCUT2D eigenvalue weighted by Gasteiger charge is -2.24. The molecular formula is C22H19ClFN3O3S. The Morgan fingerprint density at radius 1 is 1.00 bits per heavy atom. The molecule has 0 aliphatic rings. The zero-order valence-corrected chi connectivity index (χ0v) is 18.1. The van der Waals surface area contributed by atoms with Gasteiger partial charge in [0.2, 0.25) is 0 Å². The molecule has 6 nitrogen and oxygen atoms in total. The van der Waals surface area contributed by atoms with E-state index in [4.69, 9.17) is 11.6 Å². The molecule has 0 saturated carbocycles. The van der Waals surface area contributed by atoms with Crippen LogP contribution in [0.4, 0.5) is 10.1 Å². The maximum atomic E-state index is 13.2. The second-order valence-electron chi connectivity index (χ2n) is 6.52. The average molecular weight is 460 g/mol. The molecule has 0 fully saturated rings. The Kier molecular flexibility index (Phi) is 7.04. The third-order valence-corrected chi connectivity index (χ3v) is 6.44. The summed E-state index contributed by atoms with van der Waals surface area (Å²) in [6, 6.07) is 19.7.